The Bertz CT molecular complexity index is 55.3. The first-order chi connectivity index (χ1) is 2.27. The van der Waals surface area contributed by atoms with Gasteiger partial charge in [0, 0.05) is 0 Å². The Kier molecular flexibility index (Phi) is 9.44. The summed E-state index contributed by atoms with van der Waals surface area (Å²) >= 11 is 0.741. The third-order valence-electron chi connectivity index (χ3n) is 0.149. The van der Waals surface area contributed by atoms with Crippen molar-refractivity contribution in [1.82, 2.24) is 0 Å². The molecular formula is H5MgNO2SSi. The van der Waals surface area contributed by atoms with E-state index in [2.05, 4.69) is 0 Å². The first kappa shape index (κ1) is 9.88. The summed E-state index contributed by atoms with van der Waals surface area (Å²) in [5.74, 6) is 0. The van der Waals surface area contributed by atoms with Gasteiger partial charge in [0.25, 0.3) is 0 Å². The fraction of sp³-hybridized carbons (Fsp3) is 0. The van der Waals surface area contributed by atoms with E-state index in [0.29, 0.717) is 9.39 Å². The molecule has 0 rings (SSSR count). The minimum absolute atomic E-state index is 0. The van der Waals surface area contributed by atoms with E-state index in [1.807, 2.05) is 0 Å². The Morgan fingerprint density at radius 2 is 2.17 bits per heavy atom. The smallest absolute Gasteiger partial charge is 1.00 e. The van der Waals surface area contributed by atoms with Crippen LogP contribution in [-0.4, -0.2) is 36.8 Å². The third-order valence-corrected chi connectivity index (χ3v) is 1.34. The van der Waals surface area contributed by atoms with Crippen LogP contribution in [0.5, 0.6) is 0 Å². The molecule has 6 heteroatoms. The quantitative estimate of drug-likeness (QED) is 0.201. The minimum Gasteiger partial charge on any atom is -1.00 e. The maximum Gasteiger partial charge on any atom is 2.00 e. The molecule has 6 heavy (non-hydrogen) atoms. The summed E-state index contributed by atoms with van der Waals surface area (Å²) in [4.78, 5) is 9.17. The zero-order valence-electron chi connectivity index (χ0n) is 5.38. The van der Waals surface area contributed by atoms with Crippen molar-refractivity contribution in [3.05, 3.63) is 10.1 Å². The van der Waals surface area contributed by atoms with Gasteiger partial charge in [0.2, 0.25) is 0 Å². The fourth-order valence-corrected chi connectivity index (χ4v) is 0. The van der Waals surface area contributed by atoms with Crippen LogP contribution < -0.4 is 0 Å². The van der Waals surface area contributed by atoms with Gasteiger partial charge in [-0.25, -0.2) is 0 Å². The molecule has 0 aliphatic carbocycles. The number of nitro groups is 1. The molecule has 0 fully saturated rings. The number of rotatable bonds is 1. The molecule has 0 bridgehead atoms. The molecular weight excluding hydrogens is 130 g/mol. The van der Waals surface area contributed by atoms with Gasteiger partial charge in [-0.1, -0.05) is 0 Å². The summed E-state index contributed by atoms with van der Waals surface area (Å²) in [5.41, 5.74) is 0. The second-order valence-corrected chi connectivity index (χ2v) is 2.16. The summed E-state index contributed by atoms with van der Waals surface area (Å²) in [6.07, 6.45) is 0. The van der Waals surface area contributed by atoms with E-state index in [9.17, 15) is 10.1 Å². The van der Waals surface area contributed by atoms with Crippen molar-refractivity contribution in [1.29, 1.82) is 0 Å². The summed E-state index contributed by atoms with van der Waals surface area (Å²) in [6, 6.07) is 0. The Balaban J connectivity index is -0.0000000267. The van der Waals surface area contributed by atoms with E-state index in [4.69, 9.17) is 0 Å². The second kappa shape index (κ2) is 5.73. The van der Waals surface area contributed by atoms with Gasteiger partial charge in [-0.2, -0.15) is 0 Å². The maximum atomic E-state index is 9.17. The average Bonchev–Trinajstić information content (AvgIpc) is 1.38. The molecule has 0 saturated carbocycles. The summed E-state index contributed by atoms with van der Waals surface area (Å²) in [7, 11) is 0.591. The molecule has 0 aromatic rings. The van der Waals surface area contributed by atoms with Crippen LogP contribution in [0.2, 0.25) is 0 Å². The van der Waals surface area contributed by atoms with Crippen molar-refractivity contribution in [3.8, 4) is 0 Å². The molecule has 0 heterocycles. The molecule has 0 radical (unpaired) electrons. The monoisotopic (exact) mass is 135 g/mol. The van der Waals surface area contributed by atoms with Crippen LogP contribution in [0.1, 0.15) is 2.85 Å². The number of hydrogen-bond acceptors (Lipinski definition) is 3. The molecule has 0 aromatic carbocycles. The molecule has 0 spiro atoms. The molecule has 0 aliphatic heterocycles. The molecule has 0 aliphatic rings. The molecule has 3 nitrogen and oxygen atoms in total. The number of hydrogen-bond donors (Lipinski definition) is 0. The van der Waals surface area contributed by atoms with E-state index < -0.39 is 4.33 Å². The Labute approximate surface area is 61.3 Å². The van der Waals surface area contributed by atoms with Gasteiger partial charge in [0.15, 0.2) is 20.8 Å². The summed E-state index contributed by atoms with van der Waals surface area (Å²) < 4.78 is -0.397. The normalized spacial score (nSPS) is 6.67. The van der Waals surface area contributed by atoms with Crippen molar-refractivity contribution in [2.45, 2.75) is 0 Å². The van der Waals surface area contributed by atoms with Crippen LogP contribution >= 0.6 is 11.4 Å². The first-order valence-electron chi connectivity index (χ1n) is 0.956. The van der Waals surface area contributed by atoms with Gasteiger partial charge >= 0.3 is 23.1 Å². The zero-order chi connectivity index (χ0) is 4.28. The van der Waals surface area contributed by atoms with Crippen molar-refractivity contribution in [2.75, 3.05) is 0 Å². The summed E-state index contributed by atoms with van der Waals surface area (Å²) in [6.45, 7) is 0. The van der Waals surface area contributed by atoms with E-state index in [-0.39, 0.29) is 25.9 Å². The molecule has 0 saturated heterocycles. The van der Waals surface area contributed by atoms with E-state index in [0.717, 1.165) is 11.4 Å². The van der Waals surface area contributed by atoms with Crippen molar-refractivity contribution in [3.63, 3.8) is 0 Å². The van der Waals surface area contributed by atoms with E-state index >= 15 is 0 Å². The Morgan fingerprint density at radius 1 is 2.00 bits per heavy atom. The van der Waals surface area contributed by atoms with Crippen molar-refractivity contribution in [2.24, 2.45) is 0 Å². The van der Waals surface area contributed by atoms with Crippen LogP contribution in [0, 0.1) is 10.1 Å². The molecule has 34 valence electrons. The van der Waals surface area contributed by atoms with Gasteiger partial charge in [-0.15, -0.1) is 0 Å². The first-order valence-corrected chi connectivity index (χ1v) is 4.59. The molecule has 0 N–H and O–H groups in total. The van der Waals surface area contributed by atoms with Crippen LogP contribution in [0.4, 0.5) is 0 Å². The SMILES string of the molecule is O=[N+]([O-])S[SiH3].[H-].[H-].[Mg+2]. The molecule has 0 unspecified atom stereocenters. The predicted molar refractivity (Wildman–Crippen MR) is 32.5 cm³/mol. The van der Waals surface area contributed by atoms with Crippen molar-refractivity contribution >= 4 is 43.8 Å². The van der Waals surface area contributed by atoms with Crippen LogP contribution in [0.15, 0.2) is 0 Å². The van der Waals surface area contributed by atoms with Gasteiger partial charge in [0.1, 0.15) is 0 Å². The van der Waals surface area contributed by atoms with Crippen LogP contribution in [-0.2, 0) is 0 Å². The molecule has 0 atom stereocenters. The Hall–Kier alpha value is 0.733. The van der Waals surface area contributed by atoms with Crippen molar-refractivity contribution < 1.29 is 7.18 Å². The molecule has 0 aromatic heterocycles. The standard InChI is InChI=1S/Mg.H3NO2SSi.2H/c;2-1(3)4-5;;/h;5H3;;/q+2;;2*-1. The van der Waals surface area contributed by atoms with Gasteiger partial charge in [-0.3, -0.25) is 10.1 Å². The number of nitrogens with zero attached hydrogens (tertiary/aromatic N) is 1. The third kappa shape index (κ3) is 8.83. The van der Waals surface area contributed by atoms with Gasteiger partial charge in [0.05, 0.1) is 4.33 Å². The van der Waals surface area contributed by atoms with E-state index in [1.165, 1.54) is 0 Å². The Morgan fingerprint density at radius 3 is 2.17 bits per heavy atom. The van der Waals surface area contributed by atoms with Crippen LogP contribution in [0.25, 0.3) is 0 Å². The zero-order valence-corrected chi connectivity index (χ0v) is 7.61. The topological polar surface area (TPSA) is 43.1 Å². The van der Waals surface area contributed by atoms with Gasteiger partial charge in [-0.05, 0) is 0 Å². The van der Waals surface area contributed by atoms with Crippen LogP contribution in [0.3, 0.4) is 0 Å². The van der Waals surface area contributed by atoms with Gasteiger partial charge < -0.3 is 2.85 Å². The molecule has 0 amide bonds. The maximum absolute atomic E-state index is 9.17. The van der Waals surface area contributed by atoms with E-state index in [1.54, 1.807) is 0 Å². The fourth-order valence-electron chi connectivity index (χ4n) is 0. The minimum atomic E-state index is -0.397. The predicted octanol–water partition coefficient (Wildman–Crippen LogP) is -0.964. The second-order valence-electron chi connectivity index (χ2n) is 0.406. The summed E-state index contributed by atoms with van der Waals surface area (Å²) in [5, 5.41) is 9.17. The average molecular weight is 136 g/mol. The largest absolute Gasteiger partial charge is 2.00 e.